The predicted molar refractivity (Wildman–Crippen MR) is 54.6 cm³/mol. The van der Waals surface area contributed by atoms with E-state index in [2.05, 4.69) is 0 Å². The van der Waals surface area contributed by atoms with Crippen molar-refractivity contribution in [3.8, 4) is 0 Å². The third-order valence-corrected chi connectivity index (χ3v) is 2.79. The van der Waals surface area contributed by atoms with E-state index < -0.39 is 37.3 Å². The van der Waals surface area contributed by atoms with Crippen molar-refractivity contribution in [2.45, 2.75) is 57.1 Å². The molecule has 0 amide bonds. The minimum atomic E-state index is -1.38. The third-order valence-electron chi connectivity index (χ3n) is 2.79. The molecular weight excluding hydrogens is 216 g/mol. The second-order valence-electron chi connectivity index (χ2n) is 4.05. The molecule has 0 aromatic heterocycles. The van der Waals surface area contributed by atoms with Crippen molar-refractivity contribution in [3.05, 3.63) is 0 Å². The molecule has 4 N–H and O–H groups in total. The number of aliphatic hydroxyl groups is 4. The Bertz CT molecular complexity index is 209. The van der Waals surface area contributed by atoms with Crippen LogP contribution < -0.4 is 0 Å². The summed E-state index contributed by atoms with van der Waals surface area (Å²) in [6, 6.07) is 0. The highest BCUT2D eigenvalue weighted by atomic mass is 16.7. The number of rotatable bonds is 4. The van der Waals surface area contributed by atoms with E-state index in [1.54, 1.807) is 6.92 Å². The lowest BCUT2D eigenvalue weighted by Gasteiger charge is -2.40. The molecule has 1 aliphatic rings. The molecule has 1 fully saturated rings. The maximum atomic E-state index is 9.62. The van der Waals surface area contributed by atoms with E-state index >= 15 is 0 Å². The fourth-order valence-electron chi connectivity index (χ4n) is 1.50. The van der Waals surface area contributed by atoms with Crippen LogP contribution in [0.4, 0.5) is 0 Å². The van der Waals surface area contributed by atoms with E-state index in [-0.39, 0.29) is 6.10 Å². The SMILES string of the molecule is CCC(C)OC1OC(CO)[C@H](O)[C@H](O)C1O. The Morgan fingerprint density at radius 2 is 1.81 bits per heavy atom. The van der Waals surface area contributed by atoms with Gasteiger partial charge >= 0.3 is 0 Å². The summed E-state index contributed by atoms with van der Waals surface area (Å²) >= 11 is 0. The molecule has 96 valence electrons. The van der Waals surface area contributed by atoms with Crippen molar-refractivity contribution in [2.24, 2.45) is 0 Å². The first-order valence-corrected chi connectivity index (χ1v) is 5.47. The van der Waals surface area contributed by atoms with Crippen LogP contribution in [-0.4, -0.2) is 63.8 Å². The average molecular weight is 236 g/mol. The molecule has 1 aliphatic heterocycles. The molecule has 6 atom stereocenters. The normalized spacial score (nSPS) is 42.0. The quantitative estimate of drug-likeness (QED) is 0.479. The largest absolute Gasteiger partial charge is 0.394 e. The molecule has 1 heterocycles. The van der Waals surface area contributed by atoms with Gasteiger partial charge in [0.2, 0.25) is 0 Å². The molecule has 0 spiro atoms. The lowest BCUT2D eigenvalue weighted by Crippen LogP contribution is -2.59. The summed E-state index contributed by atoms with van der Waals surface area (Å²) in [6.45, 7) is 3.28. The summed E-state index contributed by atoms with van der Waals surface area (Å²) in [6.07, 6.45) is -5.36. The van der Waals surface area contributed by atoms with Gasteiger partial charge in [-0.15, -0.1) is 0 Å². The molecule has 0 saturated carbocycles. The van der Waals surface area contributed by atoms with Gasteiger partial charge in [0.25, 0.3) is 0 Å². The molecule has 0 aliphatic carbocycles. The first kappa shape index (κ1) is 13.8. The van der Waals surface area contributed by atoms with Gasteiger partial charge in [-0.2, -0.15) is 0 Å². The number of aliphatic hydroxyl groups excluding tert-OH is 4. The minimum Gasteiger partial charge on any atom is -0.394 e. The van der Waals surface area contributed by atoms with Gasteiger partial charge < -0.3 is 29.9 Å². The summed E-state index contributed by atoms with van der Waals surface area (Å²) < 4.78 is 10.5. The summed E-state index contributed by atoms with van der Waals surface area (Å²) in [4.78, 5) is 0. The molecule has 6 heteroatoms. The van der Waals surface area contributed by atoms with Crippen LogP contribution in [0.5, 0.6) is 0 Å². The lowest BCUT2D eigenvalue weighted by atomic mass is 9.99. The van der Waals surface area contributed by atoms with Crippen LogP contribution in [0.2, 0.25) is 0 Å². The zero-order valence-corrected chi connectivity index (χ0v) is 9.48. The first-order chi connectivity index (χ1) is 7.51. The van der Waals surface area contributed by atoms with Gasteiger partial charge in [-0.05, 0) is 13.3 Å². The van der Waals surface area contributed by atoms with Crippen molar-refractivity contribution in [1.82, 2.24) is 0 Å². The van der Waals surface area contributed by atoms with Crippen molar-refractivity contribution >= 4 is 0 Å². The maximum absolute atomic E-state index is 9.62. The summed E-state index contributed by atoms with van der Waals surface area (Å²) in [5.41, 5.74) is 0. The van der Waals surface area contributed by atoms with E-state index in [1.807, 2.05) is 6.92 Å². The molecular formula is C10H20O6. The van der Waals surface area contributed by atoms with Gasteiger partial charge in [0.15, 0.2) is 6.29 Å². The fourth-order valence-corrected chi connectivity index (χ4v) is 1.50. The van der Waals surface area contributed by atoms with E-state index in [0.29, 0.717) is 0 Å². The van der Waals surface area contributed by atoms with Gasteiger partial charge in [-0.25, -0.2) is 0 Å². The van der Waals surface area contributed by atoms with Crippen LogP contribution in [-0.2, 0) is 9.47 Å². The lowest BCUT2D eigenvalue weighted by molar-refractivity contribution is -0.310. The highest BCUT2D eigenvalue weighted by molar-refractivity contribution is 4.89. The van der Waals surface area contributed by atoms with Gasteiger partial charge in [0.05, 0.1) is 12.7 Å². The molecule has 0 radical (unpaired) electrons. The monoisotopic (exact) mass is 236 g/mol. The molecule has 4 unspecified atom stereocenters. The topological polar surface area (TPSA) is 99.4 Å². The van der Waals surface area contributed by atoms with E-state index in [0.717, 1.165) is 6.42 Å². The van der Waals surface area contributed by atoms with Crippen LogP contribution >= 0.6 is 0 Å². The Morgan fingerprint density at radius 3 is 2.31 bits per heavy atom. The molecule has 1 saturated heterocycles. The average Bonchev–Trinajstić information content (AvgIpc) is 2.29. The van der Waals surface area contributed by atoms with Crippen LogP contribution in [0.3, 0.4) is 0 Å². The summed E-state index contributed by atoms with van der Waals surface area (Å²) in [7, 11) is 0. The van der Waals surface area contributed by atoms with Gasteiger partial charge in [-0.3, -0.25) is 0 Å². The minimum absolute atomic E-state index is 0.138. The van der Waals surface area contributed by atoms with Crippen LogP contribution in [0.1, 0.15) is 20.3 Å². The van der Waals surface area contributed by atoms with Crippen LogP contribution in [0.25, 0.3) is 0 Å². The third kappa shape index (κ3) is 2.91. The Kier molecular flexibility index (Phi) is 5.10. The zero-order valence-electron chi connectivity index (χ0n) is 9.48. The molecule has 6 nitrogen and oxygen atoms in total. The van der Waals surface area contributed by atoms with E-state index in [1.165, 1.54) is 0 Å². The Morgan fingerprint density at radius 1 is 1.19 bits per heavy atom. The smallest absolute Gasteiger partial charge is 0.186 e. The molecule has 16 heavy (non-hydrogen) atoms. The van der Waals surface area contributed by atoms with Crippen molar-refractivity contribution < 1.29 is 29.9 Å². The van der Waals surface area contributed by atoms with Crippen molar-refractivity contribution in [1.29, 1.82) is 0 Å². The van der Waals surface area contributed by atoms with Crippen molar-refractivity contribution in [3.63, 3.8) is 0 Å². The Labute approximate surface area is 94.4 Å². The number of ether oxygens (including phenoxy) is 2. The van der Waals surface area contributed by atoms with Gasteiger partial charge in [0, 0.05) is 0 Å². The van der Waals surface area contributed by atoms with Crippen LogP contribution in [0.15, 0.2) is 0 Å². The van der Waals surface area contributed by atoms with E-state index in [4.69, 9.17) is 14.6 Å². The number of hydrogen-bond acceptors (Lipinski definition) is 6. The zero-order chi connectivity index (χ0) is 12.3. The maximum Gasteiger partial charge on any atom is 0.186 e. The second-order valence-corrected chi connectivity index (χ2v) is 4.05. The first-order valence-electron chi connectivity index (χ1n) is 5.47. The van der Waals surface area contributed by atoms with Crippen molar-refractivity contribution in [2.75, 3.05) is 6.61 Å². The summed E-state index contributed by atoms with van der Waals surface area (Å²) in [5, 5.41) is 37.6. The highest BCUT2D eigenvalue weighted by Crippen LogP contribution is 2.23. The fraction of sp³-hybridized carbons (Fsp3) is 1.00. The molecule has 0 bridgehead atoms. The predicted octanol–water partition coefficient (Wildman–Crippen LogP) is -1.40. The summed E-state index contributed by atoms with van der Waals surface area (Å²) in [5.74, 6) is 0. The van der Waals surface area contributed by atoms with Gasteiger partial charge in [-0.1, -0.05) is 6.92 Å². The Hall–Kier alpha value is -0.240. The van der Waals surface area contributed by atoms with E-state index in [9.17, 15) is 15.3 Å². The second kappa shape index (κ2) is 5.90. The standard InChI is InChI=1S/C10H20O6/c1-3-5(2)15-10-9(14)8(13)7(12)6(4-11)16-10/h5-14H,3-4H2,1-2H3/t5?,6?,7-,8-,9?,10?/m0/s1. The van der Waals surface area contributed by atoms with Gasteiger partial charge in [0.1, 0.15) is 24.4 Å². The number of hydrogen-bond donors (Lipinski definition) is 4. The Balaban J connectivity index is 2.63. The molecule has 1 rings (SSSR count). The highest BCUT2D eigenvalue weighted by Gasteiger charge is 2.44. The molecule has 0 aromatic rings. The van der Waals surface area contributed by atoms with Crippen LogP contribution in [0, 0.1) is 0 Å². The molecule has 0 aromatic carbocycles.